The molecule has 1 amide bonds. The maximum atomic E-state index is 11.5. The van der Waals surface area contributed by atoms with Gasteiger partial charge in [0.15, 0.2) is 5.82 Å². The van der Waals surface area contributed by atoms with Crippen LogP contribution in [0.25, 0.3) is 0 Å². The Balaban J connectivity index is 1.39. The third-order valence-electron chi connectivity index (χ3n) is 5.44. The Morgan fingerprint density at radius 2 is 1.64 bits per heavy atom. The highest BCUT2D eigenvalue weighted by atomic mass is 16.2. The van der Waals surface area contributed by atoms with Gasteiger partial charge in [-0.3, -0.25) is 4.79 Å². The molecular weight excluding hydrogens is 354 g/mol. The highest BCUT2D eigenvalue weighted by molar-refractivity contribution is 5.73. The quantitative estimate of drug-likeness (QED) is 0.870. The molecule has 0 unspecified atom stereocenters. The van der Waals surface area contributed by atoms with Gasteiger partial charge in [0.2, 0.25) is 11.9 Å². The second-order valence-corrected chi connectivity index (χ2v) is 7.35. The van der Waals surface area contributed by atoms with Crippen molar-refractivity contribution in [1.29, 1.82) is 0 Å². The number of aromatic nitrogens is 3. The summed E-state index contributed by atoms with van der Waals surface area (Å²) in [6.45, 7) is 6.81. The monoisotopic (exact) mass is 381 g/mol. The molecule has 1 aromatic carbocycles. The van der Waals surface area contributed by atoms with E-state index >= 15 is 0 Å². The van der Waals surface area contributed by atoms with E-state index in [1.807, 2.05) is 4.90 Å². The van der Waals surface area contributed by atoms with Crippen molar-refractivity contribution in [2.24, 2.45) is 0 Å². The Bertz CT molecular complexity index is 796. The Morgan fingerprint density at radius 3 is 2.32 bits per heavy atom. The summed E-state index contributed by atoms with van der Waals surface area (Å²) in [5.41, 5.74) is 2.21. The largest absolute Gasteiger partial charge is 0.372 e. The average Bonchev–Trinajstić information content (AvgIpc) is 2.75. The number of nitrogens with zero attached hydrogens (tertiary/aromatic N) is 6. The highest BCUT2D eigenvalue weighted by Crippen LogP contribution is 2.23. The number of hydrogen-bond acceptors (Lipinski definition) is 7. The van der Waals surface area contributed by atoms with Crippen LogP contribution >= 0.6 is 0 Å². The van der Waals surface area contributed by atoms with Gasteiger partial charge in [-0.1, -0.05) is 0 Å². The summed E-state index contributed by atoms with van der Waals surface area (Å²) in [5.74, 6) is 1.39. The number of nitrogens with one attached hydrogen (secondary N) is 1. The van der Waals surface area contributed by atoms with E-state index < -0.39 is 0 Å². The molecule has 2 fully saturated rings. The second kappa shape index (κ2) is 8.41. The minimum atomic E-state index is 0.121. The molecule has 1 aromatic heterocycles. The topological polar surface area (TPSA) is 77.5 Å². The Labute approximate surface area is 165 Å². The number of anilines is 4. The number of piperazine rings is 1. The van der Waals surface area contributed by atoms with Crippen molar-refractivity contribution in [1.82, 2.24) is 20.1 Å². The number of amides is 1. The summed E-state index contributed by atoms with van der Waals surface area (Å²) in [6, 6.07) is 8.41. The predicted molar refractivity (Wildman–Crippen MR) is 110 cm³/mol. The zero-order valence-electron chi connectivity index (χ0n) is 16.3. The van der Waals surface area contributed by atoms with Gasteiger partial charge in [-0.2, -0.15) is 10.1 Å². The fourth-order valence-electron chi connectivity index (χ4n) is 3.79. The zero-order chi connectivity index (χ0) is 19.3. The van der Waals surface area contributed by atoms with Crippen molar-refractivity contribution < 1.29 is 4.79 Å². The van der Waals surface area contributed by atoms with Crippen LogP contribution in [0.1, 0.15) is 26.2 Å². The lowest BCUT2D eigenvalue weighted by Gasteiger charge is -2.34. The maximum Gasteiger partial charge on any atom is 0.249 e. The summed E-state index contributed by atoms with van der Waals surface area (Å²) in [7, 11) is 0. The van der Waals surface area contributed by atoms with Gasteiger partial charge in [0.05, 0.1) is 6.20 Å². The molecule has 0 radical (unpaired) electrons. The lowest BCUT2D eigenvalue weighted by atomic mass is 10.1. The molecule has 0 atom stereocenters. The first-order chi connectivity index (χ1) is 13.7. The molecule has 3 heterocycles. The van der Waals surface area contributed by atoms with Crippen LogP contribution in [0.3, 0.4) is 0 Å². The number of hydrogen-bond donors (Lipinski definition) is 1. The summed E-state index contributed by atoms with van der Waals surface area (Å²) >= 11 is 0. The molecular formula is C20H27N7O. The molecule has 28 heavy (non-hydrogen) atoms. The third-order valence-corrected chi connectivity index (χ3v) is 5.44. The summed E-state index contributed by atoms with van der Waals surface area (Å²) in [4.78, 5) is 22.5. The molecule has 1 N–H and O–H groups in total. The molecule has 0 bridgehead atoms. The molecule has 0 aliphatic carbocycles. The second-order valence-electron chi connectivity index (χ2n) is 7.35. The molecule has 2 saturated heterocycles. The molecule has 2 aliphatic rings. The van der Waals surface area contributed by atoms with Crippen LogP contribution < -0.4 is 15.1 Å². The Kier molecular flexibility index (Phi) is 5.55. The van der Waals surface area contributed by atoms with E-state index in [1.165, 1.54) is 24.9 Å². The number of carbonyl (C=O) groups excluding carboxylic acids is 1. The zero-order valence-corrected chi connectivity index (χ0v) is 16.3. The molecule has 0 saturated carbocycles. The van der Waals surface area contributed by atoms with E-state index in [1.54, 1.807) is 13.1 Å². The minimum absolute atomic E-state index is 0.121. The fraction of sp³-hybridized carbons (Fsp3) is 0.500. The molecule has 2 aliphatic heterocycles. The SMILES string of the molecule is CC(=O)N1CCN(c2cnnc(Nc3ccc(N4CCCCC4)cc3)n2)CC1. The third kappa shape index (κ3) is 4.32. The van der Waals surface area contributed by atoms with Crippen LogP contribution in [0.4, 0.5) is 23.1 Å². The van der Waals surface area contributed by atoms with E-state index in [2.05, 4.69) is 54.6 Å². The van der Waals surface area contributed by atoms with E-state index in [0.717, 1.165) is 37.7 Å². The number of carbonyl (C=O) groups is 1. The van der Waals surface area contributed by atoms with Gasteiger partial charge >= 0.3 is 0 Å². The van der Waals surface area contributed by atoms with Gasteiger partial charge < -0.3 is 20.0 Å². The normalized spacial score (nSPS) is 17.5. The van der Waals surface area contributed by atoms with Gasteiger partial charge in [-0.25, -0.2) is 0 Å². The van der Waals surface area contributed by atoms with Crippen LogP contribution in [0.15, 0.2) is 30.5 Å². The Morgan fingerprint density at radius 1 is 0.929 bits per heavy atom. The van der Waals surface area contributed by atoms with Crippen LogP contribution in [-0.2, 0) is 4.79 Å². The van der Waals surface area contributed by atoms with Crippen molar-refractivity contribution in [3.8, 4) is 0 Å². The minimum Gasteiger partial charge on any atom is -0.372 e. The lowest BCUT2D eigenvalue weighted by Crippen LogP contribution is -2.48. The lowest BCUT2D eigenvalue weighted by molar-refractivity contribution is -0.129. The van der Waals surface area contributed by atoms with Crippen molar-refractivity contribution in [3.05, 3.63) is 30.5 Å². The molecule has 0 spiro atoms. The fourth-order valence-corrected chi connectivity index (χ4v) is 3.79. The van der Waals surface area contributed by atoms with E-state index in [9.17, 15) is 4.79 Å². The summed E-state index contributed by atoms with van der Waals surface area (Å²) in [6.07, 6.45) is 5.55. The van der Waals surface area contributed by atoms with Gasteiger partial charge in [-0.15, -0.1) is 5.10 Å². The van der Waals surface area contributed by atoms with Gasteiger partial charge in [0.1, 0.15) is 0 Å². The van der Waals surface area contributed by atoms with Crippen molar-refractivity contribution in [2.45, 2.75) is 26.2 Å². The number of rotatable bonds is 4. The van der Waals surface area contributed by atoms with Crippen molar-refractivity contribution in [2.75, 3.05) is 54.4 Å². The predicted octanol–water partition coefficient (Wildman–Crippen LogP) is 2.27. The molecule has 8 nitrogen and oxygen atoms in total. The maximum absolute atomic E-state index is 11.5. The molecule has 148 valence electrons. The standard InChI is InChI=1S/C20H27N7O/c1-16(28)25-11-13-27(14-12-25)19-15-21-24-20(23-19)22-17-5-7-18(8-6-17)26-9-3-2-4-10-26/h5-8,15H,2-4,9-14H2,1H3,(H,22,23,24). The molecule has 8 heteroatoms. The van der Waals surface area contributed by atoms with Gasteiger partial charge in [0, 0.05) is 57.6 Å². The van der Waals surface area contributed by atoms with Crippen molar-refractivity contribution in [3.63, 3.8) is 0 Å². The van der Waals surface area contributed by atoms with Crippen LogP contribution in [0.5, 0.6) is 0 Å². The smallest absolute Gasteiger partial charge is 0.249 e. The van der Waals surface area contributed by atoms with Crippen LogP contribution in [0.2, 0.25) is 0 Å². The molecule has 2 aromatic rings. The van der Waals surface area contributed by atoms with Gasteiger partial charge in [-0.05, 0) is 43.5 Å². The van der Waals surface area contributed by atoms with Gasteiger partial charge in [0.25, 0.3) is 0 Å². The first-order valence-corrected chi connectivity index (χ1v) is 10.0. The van der Waals surface area contributed by atoms with E-state index in [0.29, 0.717) is 19.0 Å². The Hall–Kier alpha value is -2.90. The van der Waals surface area contributed by atoms with E-state index in [-0.39, 0.29) is 5.91 Å². The average molecular weight is 381 g/mol. The van der Waals surface area contributed by atoms with Crippen LogP contribution in [0, 0.1) is 0 Å². The first-order valence-electron chi connectivity index (χ1n) is 10.0. The van der Waals surface area contributed by atoms with Crippen LogP contribution in [-0.4, -0.2) is 65.3 Å². The summed E-state index contributed by atoms with van der Waals surface area (Å²) in [5, 5.41) is 11.5. The first kappa shape index (κ1) is 18.5. The number of benzene rings is 1. The van der Waals surface area contributed by atoms with Crippen molar-refractivity contribution >= 4 is 29.0 Å². The van der Waals surface area contributed by atoms with E-state index in [4.69, 9.17) is 0 Å². The highest BCUT2D eigenvalue weighted by Gasteiger charge is 2.20. The summed E-state index contributed by atoms with van der Waals surface area (Å²) < 4.78 is 0. The number of piperidine rings is 1. The molecule has 4 rings (SSSR count).